The van der Waals surface area contributed by atoms with E-state index < -0.39 is 0 Å². The average molecular weight is 348 g/mol. The van der Waals surface area contributed by atoms with Crippen LogP contribution >= 0.6 is 11.3 Å². The van der Waals surface area contributed by atoms with Crippen LogP contribution in [0.25, 0.3) is 10.1 Å². The van der Waals surface area contributed by atoms with Crippen LogP contribution in [0, 0.1) is 0 Å². The highest BCUT2D eigenvalue weighted by Crippen LogP contribution is 2.29. The Hall–Kier alpha value is -1.63. The maximum absolute atomic E-state index is 12.2. The molecule has 0 bridgehead atoms. The summed E-state index contributed by atoms with van der Waals surface area (Å²) in [7, 11) is 3.80. The number of benzene rings is 1. The van der Waals surface area contributed by atoms with E-state index in [1.54, 1.807) is 7.11 Å². The molecule has 0 N–H and O–H groups in total. The van der Waals surface area contributed by atoms with E-state index in [0.29, 0.717) is 11.5 Å². The second kappa shape index (κ2) is 7.96. The smallest absolute Gasteiger partial charge is 0.348 e. The number of thiophene rings is 1. The van der Waals surface area contributed by atoms with Crippen molar-refractivity contribution in [2.75, 3.05) is 53.5 Å². The van der Waals surface area contributed by atoms with Gasteiger partial charge >= 0.3 is 5.97 Å². The van der Waals surface area contributed by atoms with Crippen molar-refractivity contribution >= 4 is 27.4 Å². The molecule has 1 saturated heterocycles. The number of fused-ring (bicyclic) bond motifs is 1. The first-order valence-corrected chi connectivity index (χ1v) is 9.13. The lowest BCUT2D eigenvalue weighted by Crippen LogP contribution is -2.44. The van der Waals surface area contributed by atoms with Crippen LogP contribution in [0.2, 0.25) is 0 Å². The van der Waals surface area contributed by atoms with Gasteiger partial charge < -0.3 is 19.3 Å². The normalized spacial score (nSPS) is 16.4. The van der Waals surface area contributed by atoms with Crippen LogP contribution in [-0.2, 0) is 4.74 Å². The number of esters is 1. The summed E-state index contributed by atoms with van der Waals surface area (Å²) in [5, 5.41) is 1.05. The first-order valence-electron chi connectivity index (χ1n) is 8.31. The first-order chi connectivity index (χ1) is 11.7. The summed E-state index contributed by atoms with van der Waals surface area (Å²) in [4.78, 5) is 17.6. The van der Waals surface area contributed by atoms with E-state index >= 15 is 0 Å². The molecule has 24 heavy (non-hydrogen) atoms. The Labute approximate surface area is 146 Å². The number of methoxy groups -OCH3 is 1. The number of likely N-dealkylation sites (N-methyl/N-ethyl adjacent to an activating group) is 1. The van der Waals surface area contributed by atoms with Crippen molar-refractivity contribution in [1.29, 1.82) is 0 Å². The van der Waals surface area contributed by atoms with Crippen LogP contribution < -0.4 is 4.74 Å². The van der Waals surface area contributed by atoms with Crippen molar-refractivity contribution in [1.82, 2.24) is 9.80 Å². The Morgan fingerprint density at radius 2 is 2.00 bits per heavy atom. The fourth-order valence-corrected chi connectivity index (χ4v) is 3.82. The van der Waals surface area contributed by atoms with Crippen molar-refractivity contribution in [3.8, 4) is 5.75 Å². The number of ether oxygens (including phenoxy) is 2. The van der Waals surface area contributed by atoms with E-state index in [2.05, 4.69) is 16.8 Å². The summed E-state index contributed by atoms with van der Waals surface area (Å²) in [5.74, 6) is 0.574. The topological polar surface area (TPSA) is 42.0 Å². The van der Waals surface area contributed by atoms with E-state index in [9.17, 15) is 4.79 Å². The molecule has 6 heteroatoms. The quantitative estimate of drug-likeness (QED) is 0.593. The zero-order chi connectivity index (χ0) is 16.9. The van der Waals surface area contributed by atoms with E-state index in [-0.39, 0.29) is 5.97 Å². The Morgan fingerprint density at radius 3 is 2.75 bits per heavy atom. The Kier molecular flexibility index (Phi) is 5.71. The maximum Gasteiger partial charge on any atom is 0.348 e. The van der Waals surface area contributed by atoms with Gasteiger partial charge in [0.25, 0.3) is 0 Å². The Bertz CT molecular complexity index is 693. The zero-order valence-corrected chi connectivity index (χ0v) is 15.1. The van der Waals surface area contributed by atoms with Gasteiger partial charge in [0.2, 0.25) is 0 Å². The fourth-order valence-electron chi connectivity index (χ4n) is 2.83. The molecule has 130 valence electrons. The molecule has 0 unspecified atom stereocenters. The van der Waals surface area contributed by atoms with Gasteiger partial charge in [-0.25, -0.2) is 4.79 Å². The van der Waals surface area contributed by atoms with Gasteiger partial charge in [-0.2, -0.15) is 0 Å². The number of carbonyl (C=O) groups excluding carboxylic acids is 1. The predicted molar refractivity (Wildman–Crippen MR) is 97.2 cm³/mol. The molecule has 1 aromatic heterocycles. The van der Waals surface area contributed by atoms with Crippen LogP contribution in [0.3, 0.4) is 0 Å². The highest BCUT2D eigenvalue weighted by atomic mass is 32.1. The highest BCUT2D eigenvalue weighted by Gasteiger charge is 2.15. The molecular weight excluding hydrogens is 324 g/mol. The number of rotatable bonds is 6. The summed E-state index contributed by atoms with van der Waals surface area (Å²) in [6, 6.07) is 7.71. The molecule has 1 aromatic carbocycles. The SMILES string of the molecule is COc1ccc2cc(C(=O)OCCCN3CCN(C)CC3)sc2c1. The minimum atomic E-state index is -0.228. The molecule has 3 rings (SSSR count). The standard InChI is InChI=1S/C18H24N2O3S/c1-19-7-9-20(10-8-19)6-3-11-23-18(21)17-12-14-4-5-15(22-2)13-16(14)24-17/h4-5,12-13H,3,6-11H2,1-2H3. The van der Waals surface area contributed by atoms with E-state index in [4.69, 9.17) is 9.47 Å². The third-order valence-electron chi connectivity index (χ3n) is 4.38. The number of hydrogen-bond donors (Lipinski definition) is 0. The van der Waals surface area contributed by atoms with Gasteiger partial charge in [-0.15, -0.1) is 11.3 Å². The zero-order valence-electron chi connectivity index (χ0n) is 14.3. The summed E-state index contributed by atoms with van der Waals surface area (Å²) in [5.41, 5.74) is 0. The lowest BCUT2D eigenvalue weighted by atomic mass is 10.2. The molecule has 2 aromatic rings. The molecule has 0 spiro atoms. The van der Waals surface area contributed by atoms with Crippen LogP contribution in [0.15, 0.2) is 24.3 Å². The van der Waals surface area contributed by atoms with Crippen LogP contribution in [0.5, 0.6) is 5.75 Å². The molecule has 5 nitrogen and oxygen atoms in total. The maximum atomic E-state index is 12.2. The number of nitrogens with zero attached hydrogens (tertiary/aromatic N) is 2. The fraction of sp³-hybridized carbons (Fsp3) is 0.500. The van der Waals surface area contributed by atoms with E-state index in [1.165, 1.54) is 11.3 Å². The van der Waals surface area contributed by atoms with E-state index in [0.717, 1.165) is 55.0 Å². The lowest BCUT2D eigenvalue weighted by Gasteiger charge is -2.32. The molecule has 0 aliphatic carbocycles. The molecule has 0 saturated carbocycles. The predicted octanol–water partition coefficient (Wildman–Crippen LogP) is 2.70. The van der Waals surface area contributed by atoms with Crippen molar-refractivity contribution in [2.45, 2.75) is 6.42 Å². The molecule has 0 atom stereocenters. The number of hydrogen-bond acceptors (Lipinski definition) is 6. The average Bonchev–Trinajstić information content (AvgIpc) is 3.03. The van der Waals surface area contributed by atoms with Crippen LogP contribution in [0.1, 0.15) is 16.1 Å². The van der Waals surface area contributed by atoms with Crippen molar-refractivity contribution < 1.29 is 14.3 Å². The lowest BCUT2D eigenvalue weighted by molar-refractivity contribution is 0.0485. The molecule has 0 radical (unpaired) electrons. The van der Waals surface area contributed by atoms with Gasteiger partial charge in [-0.3, -0.25) is 0 Å². The van der Waals surface area contributed by atoms with Gasteiger partial charge in [0, 0.05) is 37.4 Å². The molecule has 1 aliphatic rings. The highest BCUT2D eigenvalue weighted by molar-refractivity contribution is 7.20. The van der Waals surface area contributed by atoms with Crippen molar-refractivity contribution in [2.24, 2.45) is 0 Å². The van der Waals surface area contributed by atoms with Gasteiger partial charge in [0.1, 0.15) is 10.6 Å². The van der Waals surface area contributed by atoms with E-state index in [1.807, 2.05) is 24.3 Å². The molecule has 2 heterocycles. The van der Waals surface area contributed by atoms with Gasteiger partial charge in [-0.05, 0) is 43.1 Å². The summed E-state index contributed by atoms with van der Waals surface area (Å²) in [6.07, 6.45) is 0.883. The van der Waals surface area contributed by atoms with Crippen molar-refractivity contribution in [3.05, 3.63) is 29.1 Å². The number of piperazine rings is 1. The number of carbonyl (C=O) groups is 1. The molecular formula is C18H24N2O3S. The Balaban J connectivity index is 1.46. The monoisotopic (exact) mass is 348 g/mol. The largest absolute Gasteiger partial charge is 0.497 e. The van der Waals surface area contributed by atoms with Gasteiger partial charge in [-0.1, -0.05) is 0 Å². The molecule has 1 aliphatic heterocycles. The second-order valence-electron chi connectivity index (χ2n) is 6.15. The summed E-state index contributed by atoms with van der Waals surface area (Å²) in [6.45, 7) is 5.90. The molecule has 0 amide bonds. The van der Waals surface area contributed by atoms with Gasteiger partial charge in [0.05, 0.1) is 13.7 Å². The minimum absolute atomic E-state index is 0.228. The van der Waals surface area contributed by atoms with Crippen LogP contribution in [-0.4, -0.2) is 69.3 Å². The second-order valence-corrected chi connectivity index (χ2v) is 7.23. The van der Waals surface area contributed by atoms with Gasteiger partial charge in [0.15, 0.2) is 0 Å². The summed E-state index contributed by atoms with van der Waals surface area (Å²) >= 11 is 1.45. The third-order valence-corrected chi connectivity index (χ3v) is 5.45. The first kappa shape index (κ1) is 17.2. The Morgan fingerprint density at radius 1 is 1.21 bits per heavy atom. The molecule has 1 fully saturated rings. The third kappa shape index (κ3) is 4.26. The minimum Gasteiger partial charge on any atom is -0.497 e. The summed E-state index contributed by atoms with van der Waals surface area (Å²) < 4.78 is 11.7. The van der Waals surface area contributed by atoms with Crippen LogP contribution in [0.4, 0.5) is 0 Å². The van der Waals surface area contributed by atoms with Crippen molar-refractivity contribution in [3.63, 3.8) is 0 Å².